The monoisotopic (exact) mass is 361 g/mol. The van der Waals surface area contributed by atoms with Gasteiger partial charge >= 0.3 is 0 Å². The summed E-state index contributed by atoms with van der Waals surface area (Å²) in [5.41, 5.74) is 5.85. The lowest BCUT2D eigenvalue weighted by Crippen LogP contribution is -2.18. The van der Waals surface area contributed by atoms with Crippen molar-refractivity contribution in [2.45, 2.75) is 4.90 Å². The van der Waals surface area contributed by atoms with E-state index in [9.17, 15) is 13.2 Å². The van der Waals surface area contributed by atoms with Crippen molar-refractivity contribution < 1.29 is 13.2 Å². The lowest BCUT2D eigenvalue weighted by molar-refractivity contribution is 0.100. The highest BCUT2D eigenvalue weighted by Gasteiger charge is 2.21. The molecule has 0 bridgehead atoms. The standard InChI is InChI=1S/C16H12ClN3O3S/c17-12-7-8-14(11-5-3-9-19-15(11)12)24(22,23)20-13-6-2-1-4-10(13)16(18)21/h1-9,20H,(H2,18,21). The Morgan fingerprint density at radius 1 is 1.08 bits per heavy atom. The van der Waals surface area contributed by atoms with Gasteiger partial charge in [-0.25, -0.2) is 8.42 Å². The molecule has 3 aromatic rings. The first kappa shape index (κ1) is 16.2. The Morgan fingerprint density at radius 3 is 2.58 bits per heavy atom. The van der Waals surface area contributed by atoms with Crippen LogP contribution in [-0.4, -0.2) is 19.3 Å². The number of primary amides is 1. The minimum atomic E-state index is -3.97. The van der Waals surface area contributed by atoms with Gasteiger partial charge in [-0.1, -0.05) is 23.7 Å². The first-order valence-corrected chi connectivity index (χ1v) is 8.71. The van der Waals surface area contributed by atoms with Gasteiger partial charge in [0.2, 0.25) is 0 Å². The van der Waals surface area contributed by atoms with Crippen LogP contribution in [0.25, 0.3) is 10.9 Å². The number of hydrogen-bond acceptors (Lipinski definition) is 4. The van der Waals surface area contributed by atoms with Crippen LogP contribution < -0.4 is 10.5 Å². The average Bonchev–Trinajstić information content (AvgIpc) is 2.55. The number of amides is 1. The normalized spacial score (nSPS) is 11.4. The summed E-state index contributed by atoms with van der Waals surface area (Å²) in [7, 11) is -3.97. The van der Waals surface area contributed by atoms with E-state index in [1.165, 1.54) is 30.5 Å². The molecule has 3 N–H and O–H groups in total. The van der Waals surface area contributed by atoms with Crippen molar-refractivity contribution in [2.75, 3.05) is 4.72 Å². The van der Waals surface area contributed by atoms with Gasteiger partial charge in [0.05, 0.1) is 26.7 Å². The molecule has 0 saturated carbocycles. The highest BCUT2D eigenvalue weighted by molar-refractivity contribution is 7.93. The van der Waals surface area contributed by atoms with Crippen LogP contribution in [-0.2, 0) is 10.0 Å². The van der Waals surface area contributed by atoms with Gasteiger partial charge in [0.1, 0.15) is 0 Å². The number of sulfonamides is 1. The Bertz CT molecular complexity index is 1050. The fourth-order valence-corrected chi connectivity index (χ4v) is 3.83. The highest BCUT2D eigenvalue weighted by Crippen LogP contribution is 2.29. The van der Waals surface area contributed by atoms with Crippen LogP contribution in [0.5, 0.6) is 0 Å². The maximum atomic E-state index is 12.8. The minimum Gasteiger partial charge on any atom is -0.366 e. The third-order valence-electron chi connectivity index (χ3n) is 3.41. The molecule has 0 saturated heterocycles. The van der Waals surface area contributed by atoms with Crippen molar-refractivity contribution in [1.29, 1.82) is 0 Å². The first-order chi connectivity index (χ1) is 11.4. The lowest BCUT2D eigenvalue weighted by atomic mass is 10.2. The summed E-state index contributed by atoms with van der Waals surface area (Å²) >= 11 is 6.07. The fraction of sp³-hybridized carbons (Fsp3) is 0. The molecule has 3 rings (SSSR count). The van der Waals surface area contributed by atoms with Crippen LogP contribution in [0.15, 0.2) is 59.6 Å². The molecule has 6 nitrogen and oxygen atoms in total. The number of aromatic nitrogens is 1. The van der Waals surface area contributed by atoms with Crippen molar-refractivity contribution in [1.82, 2.24) is 4.98 Å². The molecular formula is C16H12ClN3O3S. The van der Waals surface area contributed by atoms with Crippen LogP contribution in [0, 0.1) is 0 Å². The van der Waals surface area contributed by atoms with E-state index in [1.54, 1.807) is 24.3 Å². The maximum absolute atomic E-state index is 12.8. The smallest absolute Gasteiger partial charge is 0.262 e. The Morgan fingerprint density at radius 2 is 1.83 bits per heavy atom. The Balaban J connectivity index is 2.14. The zero-order valence-electron chi connectivity index (χ0n) is 12.2. The van der Waals surface area contributed by atoms with Gasteiger partial charge in [0, 0.05) is 11.6 Å². The van der Waals surface area contributed by atoms with E-state index in [1.807, 2.05) is 0 Å². The Labute approximate surface area is 143 Å². The van der Waals surface area contributed by atoms with Gasteiger partial charge in [-0.2, -0.15) is 0 Å². The lowest BCUT2D eigenvalue weighted by Gasteiger charge is -2.12. The minimum absolute atomic E-state index is 0.00859. The molecular weight excluding hydrogens is 350 g/mol. The van der Waals surface area contributed by atoms with E-state index in [0.29, 0.717) is 15.9 Å². The molecule has 1 amide bonds. The number of hydrogen-bond donors (Lipinski definition) is 2. The van der Waals surface area contributed by atoms with Crippen LogP contribution in [0.1, 0.15) is 10.4 Å². The van der Waals surface area contributed by atoms with Crippen LogP contribution >= 0.6 is 11.6 Å². The maximum Gasteiger partial charge on any atom is 0.262 e. The predicted molar refractivity (Wildman–Crippen MR) is 92.5 cm³/mol. The molecule has 0 unspecified atom stereocenters. The van der Waals surface area contributed by atoms with Crippen LogP contribution in [0.4, 0.5) is 5.69 Å². The summed E-state index contributed by atoms with van der Waals surface area (Å²) in [5, 5.41) is 0.733. The number of nitrogens with zero attached hydrogens (tertiary/aromatic N) is 1. The number of benzene rings is 2. The van der Waals surface area contributed by atoms with Crippen molar-refractivity contribution in [3.63, 3.8) is 0 Å². The van der Waals surface area contributed by atoms with Crippen molar-refractivity contribution in [3.05, 3.63) is 65.3 Å². The van der Waals surface area contributed by atoms with E-state index in [2.05, 4.69) is 9.71 Å². The molecule has 0 spiro atoms. The van der Waals surface area contributed by atoms with Gasteiger partial charge < -0.3 is 5.73 Å². The number of fused-ring (bicyclic) bond motifs is 1. The van der Waals surface area contributed by atoms with Crippen molar-refractivity contribution in [3.8, 4) is 0 Å². The fourth-order valence-electron chi connectivity index (χ4n) is 2.33. The number of para-hydroxylation sites is 1. The van der Waals surface area contributed by atoms with Crippen LogP contribution in [0.3, 0.4) is 0 Å². The Hall–Kier alpha value is -2.64. The molecule has 122 valence electrons. The van der Waals surface area contributed by atoms with Gasteiger partial charge in [-0.05, 0) is 36.4 Å². The van der Waals surface area contributed by atoms with Crippen molar-refractivity contribution >= 4 is 44.1 Å². The number of carbonyl (C=O) groups is 1. The Kier molecular flexibility index (Phi) is 4.13. The second-order valence-electron chi connectivity index (χ2n) is 4.96. The number of nitrogens with two attached hydrogens (primary N) is 1. The second kappa shape index (κ2) is 6.10. The highest BCUT2D eigenvalue weighted by atomic mass is 35.5. The molecule has 0 radical (unpaired) electrons. The molecule has 0 atom stereocenters. The molecule has 0 aliphatic carbocycles. The quantitative estimate of drug-likeness (QED) is 0.745. The number of nitrogens with one attached hydrogen (secondary N) is 1. The molecule has 0 aliphatic heterocycles. The zero-order valence-corrected chi connectivity index (χ0v) is 13.8. The van der Waals surface area contributed by atoms with E-state index in [4.69, 9.17) is 17.3 Å². The number of rotatable bonds is 4. The second-order valence-corrected chi connectivity index (χ2v) is 7.02. The van der Waals surface area contributed by atoms with Crippen molar-refractivity contribution in [2.24, 2.45) is 5.73 Å². The van der Waals surface area contributed by atoms with E-state index >= 15 is 0 Å². The van der Waals surface area contributed by atoms with Gasteiger partial charge in [-0.3, -0.25) is 14.5 Å². The summed E-state index contributed by atoms with van der Waals surface area (Å²) in [5.74, 6) is -0.726. The summed E-state index contributed by atoms with van der Waals surface area (Å²) in [6.45, 7) is 0. The third kappa shape index (κ3) is 2.91. The van der Waals surface area contributed by atoms with E-state index < -0.39 is 15.9 Å². The molecule has 1 heterocycles. The molecule has 2 aromatic carbocycles. The van der Waals surface area contributed by atoms with E-state index in [-0.39, 0.29) is 16.1 Å². The topological polar surface area (TPSA) is 102 Å². The third-order valence-corrected chi connectivity index (χ3v) is 5.14. The number of pyridine rings is 1. The predicted octanol–water partition coefficient (Wildman–Crippen LogP) is 2.79. The van der Waals surface area contributed by atoms with Gasteiger partial charge in [0.15, 0.2) is 0 Å². The number of anilines is 1. The number of carbonyl (C=O) groups excluding carboxylic acids is 1. The SMILES string of the molecule is NC(=O)c1ccccc1NS(=O)(=O)c1ccc(Cl)c2ncccc12. The zero-order chi connectivity index (χ0) is 17.3. The summed E-state index contributed by atoms with van der Waals surface area (Å²) < 4.78 is 27.9. The average molecular weight is 362 g/mol. The van der Waals surface area contributed by atoms with Gasteiger partial charge in [0.25, 0.3) is 15.9 Å². The first-order valence-electron chi connectivity index (χ1n) is 6.85. The summed E-state index contributed by atoms with van der Waals surface area (Å²) in [6.07, 6.45) is 1.53. The summed E-state index contributed by atoms with van der Waals surface area (Å²) in [6, 6.07) is 12.2. The molecule has 24 heavy (non-hydrogen) atoms. The molecule has 8 heteroatoms. The molecule has 1 aromatic heterocycles. The van der Waals surface area contributed by atoms with E-state index in [0.717, 1.165) is 0 Å². The number of halogens is 1. The summed E-state index contributed by atoms with van der Waals surface area (Å²) in [4.78, 5) is 15.6. The van der Waals surface area contributed by atoms with Gasteiger partial charge in [-0.15, -0.1) is 0 Å². The largest absolute Gasteiger partial charge is 0.366 e. The molecule has 0 aliphatic rings. The van der Waals surface area contributed by atoms with Crippen LogP contribution in [0.2, 0.25) is 5.02 Å². The molecule has 0 fully saturated rings.